The van der Waals surface area contributed by atoms with Crippen LogP contribution in [0.5, 0.6) is 0 Å². The molecule has 0 saturated carbocycles. The maximum atomic E-state index is 11.7. The summed E-state index contributed by atoms with van der Waals surface area (Å²) in [5.41, 5.74) is 0.263. The van der Waals surface area contributed by atoms with E-state index < -0.39 is 5.54 Å². The molecule has 0 aliphatic carbocycles. The standard InChI is InChI=1S/C12H25N.C11H21NO2.CH4/c1-9-10(2)13(7)12(5,6)8-11(9,3)4;1-7-11(5)8(2)14-9(13)10(3,4)12(11)6;/h9-10H,8H2,1-7H3;8H,7H2,1-6H3;1H4. The summed E-state index contributed by atoms with van der Waals surface area (Å²) in [6.07, 6.45) is 2.22. The van der Waals surface area contributed by atoms with E-state index in [4.69, 9.17) is 4.74 Å². The Bertz CT molecular complexity index is 521. The minimum Gasteiger partial charge on any atom is -0.459 e. The number of cyclic esters (lactones) is 1. The number of esters is 1. The normalized spacial score (nSPS) is 37.2. The number of rotatable bonds is 1. The Morgan fingerprint density at radius 3 is 1.89 bits per heavy atom. The van der Waals surface area contributed by atoms with Gasteiger partial charge in [0.1, 0.15) is 11.6 Å². The van der Waals surface area contributed by atoms with Crippen LogP contribution in [0.25, 0.3) is 0 Å². The average molecular weight is 399 g/mol. The van der Waals surface area contributed by atoms with Gasteiger partial charge in [-0.1, -0.05) is 35.1 Å². The van der Waals surface area contributed by atoms with E-state index in [0.717, 1.165) is 12.3 Å². The first kappa shape index (κ1) is 27.4. The Kier molecular flexibility index (Phi) is 8.45. The summed E-state index contributed by atoms with van der Waals surface area (Å²) in [6.45, 7) is 24.3. The first-order chi connectivity index (χ1) is 11.9. The minimum absolute atomic E-state index is 0. The zero-order chi connectivity index (χ0) is 21.6. The Hall–Kier alpha value is -0.610. The largest absolute Gasteiger partial charge is 0.459 e. The zero-order valence-corrected chi connectivity index (χ0v) is 20.4. The summed E-state index contributed by atoms with van der Waals surface area (Å²) < 4.78 is 5.40. The van der Waals surface area contributed by atoms with Crippen LogP contribution in [0.2, 0.25) is 0 Å². The van der Waals surface area contributed by atoms with Crippen molar-refractivity contribution in [2.24, 2.45) is 11.3 Å². The number of morpholine rings is 1. The monoisotopic (exact) mass is 398 g/mol. The van der Waals surface area contributed by atoms with E-state index in [2.05, 4.69) is 72.2 Å². The Balaban J connectivity index is 0.000000504. The number of likely N-dealkylation sites (N-methyl/N-ethyl adjacent to an activating group) is 1. The van der Waals surface area contributed by atoms with Crippen LogP contribution in [0, 0.1) is 11.3 Å². The SMILES string of the molecule is C.CC1C(C)C(C)(C)CC(C)(C)N1C.CCC1(C)C(C)OC(=O)C(C)(C)N1C. The lowest BCUT2D eigenvalue weighted by molar-refractivity contribution is -0.194. The smallest absolute Gasteiger partial charge is 0.326 e. The molecule has 0 radical (unpaired) electrons. The molecular weight excluding hydrogens is 348 g/mol. The van der Waals surface area contributed by atoms with Crippen molar-refractivity contribution < 1.29 is 9.53 Å². The second-order valence-electron chi connectivity index (χ2n) is 11.0. The molecule has 0 aromatic heterocycles. The van der Waals surface area contributed by atoms with E-state index in [1.54, 1.807) is 0 Å². The second kappa shape index (κ2) is 8.63. The van der Waals surface area contributed by atoms with Crippen LogP contribution >= 0.6 is 0 Å². The molecule has 28 heavy (non-hydrogen) atoms. The Morgan fingerprint density at radius 1 is 1.00 bits per heavy atom. The molecule has 2 aliphatic rings. The highest BCUT2D eigenvalue weighted by molar-refractivity contribution is 5.81. The summed E-state index contributed by atoms with van der Waals surface area (Å²) in [7, 11) is 4.26. The minimum atomic E-state index is -0.517. The summed E-state index contributed by atoms with van der Waals surface area (Å²) in [6, 6.07) is 0.693. The highest BCUT2D eigenvalue weighted by Gasteiger charge is 2.51. The fraction of sp³-hybridized carbons (Fsp3) is 0.958. The molecule has 0 aromatic rings. The highest BCUT2D eigenvalue weighted by atomic mass is 16.6. The Morgan fingerprint density at radius 2 is 1.46 bits per heavy atom. The highest BCUT2D eigenvalue weighted by Crippen LogP contribution is 2.45. The average Bonchev–Trinajstić information content (AvgIpc) is 2.55. The van der Waals surface area contributed by atoms with Gasteiger partial charge in [0.25, 0.3) is 0 Å². The lowest BCUT2D eigenvalue weighted by atomic mass is 9.65. The van der Waals surface area contributed by atoms with Gasteiger partial charge in [-0.3, -0.25) is 14.6 Å². The molecule has 4 heteroatoms. The van der Waals surface area contributed by atoms with E-state index in [0.29, 0.717) is 17.0 Å². The molecular formula is C24H50N2O2. The van der Waals surface area contributed by atoms with Crippen molar-refractivity contribution in [3.8, 4) is 0 Å². The summed E-state index contributed by atoms with van der Waals surface area (Å²) in [5.74, 6) is 0.656. The predicted molar refractivity (Wildman–Crippen MR) is 122 cm³/mol. The zero-order valence-electron chi connectivity index (χ0n) is 20.4. The Labute approximate surface area is 176 Å². The van der Waals surface area contributed by atoms with Gasteiger partial charge < -0.3 is 4.74 Å². The molecule has 2 aliphatic heterocycles. The van der Waals surface area contributed by atoms with Crippen LogP contribution in [0.15, 0.2) is 0 Å². The molecule has 2 fully saturated rings. The number of carbonyl (C=O) groups is 1. The quantitative estimate of drug-likeness (QED) is 0.538. The van der Waals surface area contributed by atoms with Crippen LogP contribution in [0.4, 0.5) is 0 Å². The van der Waals surface area contributed by atoms with Crippen LogP contribution in [-0.2, 0) is 9.53 Å². The van der Waals surface area contributed by atoms with Crippen LogP contribution < -0.4 is 0 Å². The molecule has 4 nitrogen and oxygen atoms in total. The van der Waals surface area contributed by atoms with Crippen molar-refractivity contribution in [3.05, 3.63) is 0 Å². The van der Waals surface area contributed by atoms with Crippen molar-refractivity contribution >= 4 is 5.97 Å². The first-order valence-electron chi connectivity index (χ1n) is 10.6. The van der Waals surface area contributed by atoms with Gasteiger partial charge in [0.15, 0.2) is 0 Å². The first-order valence-corrected chi connectivity index (χ1v) is 10.6. The maximum Gasteiger partial charge on any atom is 0.326 e. The lowest BCUT2D eigenvalue weighted by Gasteiger charge is -2.55. The second-order valence-corrected chi connectivity index (χ2v) is 11.0. The fourth-order valence-corrected chi connectivity index (χ4v) is 4.94. The lowest BCUT2D eigenvalue weighted by Crippen LogP contribution is -2.68. The van der Waals surface area contributed by atoms with E-state index in [1.165, 1.54) is 6.42 Å². The number of hydrogen-bond donors (Lipinski definition) is 0. The molecule has 0 aromatic carbocycles. The molecule has 0 N–H and O–H groups in total. The van der Waals surface area contributed by atoms with E-state index in [1.807, 2.05) is 27.8 Å². The van der Waals surface area contributed by atoms with Crippen molar-refractivity contribution in [2.45, 2.75) is 125 Å². The third kappa shape index (κ3) is 4.75. The molecule has 2 saturated heterocycles. The van der Waals surface area contributed by atoms with Gasteiger partial charge in [-0.05, 0) is 86.7 Å². The topological polar surface area (TPSA) is 32.8 Å². The molecule has 2 rings (SSSR count). The van der Waals surface area contributed by atoms with Gasteiger partial charge >= 0.3 is 5.97 Å². The molecule has 168 valence electrons. The van der Waals surface area contributed by atoms with Gasteiger partial charge in [0, 0.05) is 11.6 Å². The third-order valence-electron chi connectivity index (χ3n) is 8.39. The molecule has 0 spiro atoms. The van der Waals surface area contributed by atoms with Gasteiger partial charge in [0.05, 0.1) is 5.54 Å². The van der Waals surface area contributed by atoms with Crippen LogP contribution in [0.3, 0.4) is 0 Å². The van der Waals surface area contributed by atoms with E-state index in [9.17, 15) is 4.79 Å². The van der Waals surface area contributed by atoms with Crippen molar-refractivity contribution in [1.29, 1.82) is 0 Å². The third-order valence-corrected chi connectivity index (χ3v) is 8.39. The predicted octanol–water partition coefficient (Wildman–Crippen LogP) is 5.60. The van der Waals surface area contributed by atoms with E-state index in [-0.39, 0.29) is 25.0 Å². The van der Waals surface area contributed by atoms with E-state index >= 15 is 0 Å². The van der Waals surface area contributed by atoms with Crippen molar-refractivity contribution in [1.82, 2.24) is 9.80 Å². The summed E-state index contributed by atoms with van der Waals surface area (Å²) in [4.78, 5) is 16.3. The van der Waals surface area contributed by atoms with Crippen molar-refractivity contribution in [2.75, 3.05) is 14.1 Å². The number of nitrogens with zero attached hydrogens (tertiary/aromatic N) is 2. The molecule has 0 bridgehead atoms. The number of hydrogen-bond acceptors (Lipinski definition) is 4. The molecule has 2 heterocycles. The van der Waals surface area contributed by atoms with Gasteiger partial charge in [-0.2, -0.15) is 0 Å². The van der Waals surface area contributed by atoms with Gasteiger partial charge in [-0.25, -0.2) is 0 Å². The number of carbonyl (C=O) groups excluding carboxylic acids is 1. The maximum absolute atomic E-state index is 11.7. The summed E-state index contributed by atoms with van der Waals surface area (Å²) >= 11 is 0. The van der Waals surface area contributed by atoms with Gasteiger partial charge in [-0.15, -0.1) is 0 Å². The number of ether oxygens (including phenoxy) is 1. The number of likely N-dealkylation sites (tertiary alicyclic amines) is 1. The van der Waals surface area contributed by atoms with Crippen LogP contribution in [0.1, 0.15) is 96.4 Å². The molecule has 4 atom stereocenters. The van der Waals surface area contributed by atoms with Crippen molar-refractivity contribution in [3.63, 3.8) is 0 Å². The van der Waals surface area contributed by atoms with Gasteiger partial charge in [0.2, 0.25) is 0 Å². The number of piperidine rings is 1. The summed E-state index contributed by atoms with van der Waals surface area (Å²) in [5, 5.41) is 0. The molecule has 4 unspecified atom stereocenters. The molecule has 0 amide bonds. The fourth-order valence-electron chi connectivity index (χ4n) is 4.94. The van der Waals surface area contributed by atoms with Crippen LogP contribution in [-0.4, -0.2) is 58.6 Å².